The Kier molecular flexibility index (Phi) is 6.61. The molecule has 0 unspecified atom stereocenters. The Morgan fingerprint density at radius 2 is 2.09 bits per heavy atom. The number of hydrogen-bond donors (Lipinski definition) is 1. The highest BCUT2D eigenvalue weighted by molar-refractivity contribution is 7.99. The van der Waals surface area contributed by atoms with Crippen LogP contribution in [0.5, 0.6) is 0 Å². The van der Waals surface area contributed by atoms with Crippen molar-refractivity contribution in [3.63, 3.8) is 0 Å². The highest BCUT2D eigenvalue weighted by Gasteiger charge is 2.32. The molecular weight excluding hydrogens is 356 g/mol. The summed E-state index contributed by atoms with van der Waals surface area (Å²) in [5, 5.41) is 3.56. The first-order valence-electron chi connectivity index (χ1n) is 7.47. The fourth-order valence-corrected chi connectivity index (χ4v) is 5.11. The molecule has 0 spiro atoms. The number of amides is 2. The van der Waals surface area contributed by atoms with Crippen LogP contribution < -0.4 is 5.32 Å². The van der Waals surface area contributed by atoms with E-state index in [0.717, 1.165) is 22.1 Å². The van der Waals surface area contributed by atoms with Gasteiger partial charge in [0, 0.05) is 29.6 Å². The second-order valence-electron chi connectivity index (χ2n) is 5.56. The van der Waals surface area contributed by atoms with Gasteiger partial charge in [-0.1, -0.05) is 11.6 Å². The third-order valence-electron chi connectivity index (χ3n) is 3.76. The van der Waals surface area contributed by atoms with Gasteiger partial charge in [-0.25, -0.2) is 13.2 Å². The maximum atomic E-state index is 12.0. The van der Waals surface area contributed by atoms with E-state index in [1.807, 2.05) is 24.3 Å². The zero-order valence-electron chi connectivity index (χ0n) is 13.0. The second kappa shape index (κ2) is 8.26. The molecule has 23 heavy (non-hydrogen) atoms. The Morgan fingerprint density at radius 3 is 2.70 bits per heavy atom. The van der Waals surface area contributed by atoms with E-state index in [2.05, 4.69) is 5.32 Å². The number of hydrogen-bond acceptors (Lipinski definition) is 4. The van der Waals surface area contributed by atoms with Gasteiger partial charge >= 0.3 is 6.03 Å². The Balaban J connectivity index is 1.64. The van der Waals surface area contributed by atoms with Gasteiger partial charge in [0.1, 0.15) is 0 Å². The maximum Gasteiger partial charge on any atom is 0.317 e. The van der Waals surface area contributed by atoms with Crippen LogP contribution in [-0.2, 0) is 9.84 Å². The molecule has 2 amide bonds. The summed E-state index contributed by atoms with van der Waals surface area (Å²) >= 11 is 7.54. The van der Waals surface area contributed by atoms with E-state index in [1.165, 1.54) is 4.90 Å². The summed E-state index contributed by atoms with van der Waals surface area (Å²) in [5.74, 6) is 1.14. The van der Waals surface area contributed by atoms with Gasteiger partial charge in [-0.05, 0) is 42.9 Å². The highest BCUT2D eigenvalue weighted by atomic mass is 35.5. The first kappa shape index (κ1) is 18.4. The van der Waals surface area contributed by atoms with Crippen LogP contribution in [0.1, 0.15) is 12.8 Å². The topological polar surface area (TPSA) is 66.5 Å². The molecule has 1 aliphatic heterocycles. The maximum absolute atomic E-state index is 12.0. The van der Waals surface area contributed by atoms with Crippen LogP contribution in [0, 0.1) is 0 Å². The van der Waals surface area contributed by atoms with Crippen molar-refractivity contribution in [3.05, 3.63) is 29.3 Å². The number of benzene rings is 1. The first-order valence-corrected chi connectivity index (χ1v) is 10.7. The largest absolute Gasteiger partial charge is 0.338 e. The summed E-state index contributed by atoms with van der Waals surface area (Å²) in [6.07, 6.45) is 1.37. The number of sulfone groups is 1. The van der Waals surface area contributed by atoms with Crippen LogP contribution in [0.25, 0.3) is 0 Å². The van der Waals surface area contributed by atoms with Crippen molar-refractivity contribution in [2.75, 3.05) is 30.9 Å². The molecule has 128 valence electrons. The molecular formula is C15H21ClN2O3S2. The molecule has 0 aromatic heterocycles. The predicted octanol–water partition coefficient (Wildman–Crippen LogP) is 2.65. The lowest BCUT2D eigenvalue weighted by molar-refractivity contribution is 0.195. The minimum Gasteiger partial charge on any atom is -0.338 e. The molecule has 0 radical (unpaired) electrons. The minimum absolute atomic E-state index is 0.0728. The molecule has 5 nitrogen and oxygen atoms in total. The number of urea groups is 1. The lowest BCUT2D eigenvalue weighted by atomic mass is 10.2. The number of carbonyl (C=O) groups is 1. The number of rotatable bonds is 6. The van der Waals surface area contributed by atoms with Crippen molar-refractivity contribution >= 4 is 39.2 Å². The van der Waals surface area contributed by atoms with E-state index in [1.54, 1.807) is 18.8 Å². The fraction of sp³-hybridized carbons (Fsp3) is 0.533. The summed E-state index contributed by atoms with van der Waals surface area (Å²) in [6.45, 7) is 0.573. The van der Waals surface area contributed by atoms with E-state index < -0.39 is 9.84 Å². The molecule has 8 heteroatoms. The molecule has 1 heterocycles. The molecule has 1 saturated heterocycles. The van der Waals surface area contributed by atoms with Crippen LogP contribution in [-0.4, -0.2) is 56.2 Å². The molecule has 1 N–H and O–H groups in total. The number of carbonyl (C=O) groups excluding carboxylic acids is 1. The van der Waals surface area contributed by atoms with E-state index in [9.17, 15) is 13.2 Å². The Bertz CT molecular complexity index is 635. The summed E-state index contributed by atoms with van der Waals surface area (Å²) in [4.78, 5) is 14.7. The van der Waals surface area contributed by atoms with Gasteiger partial charge in [0.2, 0.25) is 0 Å². The minimum atomic E-state index is -2.97. The first-order chi connectivity index (χ1) is 10.9. The monoisotopic (exact) mass is 376 g/mol. The van der Waals surface area contributed by atoms with Crippen LogP contribution in [0.4, 0.5) is 4.79 Å². The highest BCUT2D eigenvalue weighted by Crippen LogP contribution is 2.20. The molecule has 1 aromatic carbocycles. The van der Waals surface area contributed by atoms with E-state index in [4.69, 9.17) is 11.6 Å². The average Bonchev–Trinajstić information content (AvgIpc) is 2.88. The third kappa shape index (κ3) is 5.90. The van der Waals surface area contributed by atoms with E-state index >= 15 is 0 Å². The van der Waals surface area contributed by atoms with E-state index in [0.29, 0.717) is 13.0 Å². The lowest BCUT2D eigenvalue weighted by Gasteiger charge is -2.23. The van der Waals surface area contributed by atoms with Crippen molar-refractivity contribution in [1.29, 1.82) is 0 Å². The Labute approximate surface area is 146 Å². The van der Waals surface area contributed by atoms with Crippen LogP contribution >= 0.6 is 23.4 Å². The number of nitrogens with one attached hydrogen (secondary N) is 1. The van der Waals surface area contributed by atoms with Crippen LogP contribution in [0.3, 0.4) is 0 Å². The average molecular weight is 377 g/mol. The van der Waals surface area contributed by atoms with Crippen molar-refractivity contribution in [2.24, 2.45) is 0 Å². The zero-order chi connectivity index (χ0) is 16.9. The molecule has 0 saturated carbocycles. The number of halogens is 1. The smallest absolute Gasteiger partial charge is 0.317 e. The fourth-order valence-electron chi connectivity index (χ4n) is 2.36. The standard InChI is InChI=1S/C15H21ClN2O3S2/c1-18(13-7-10-23(20,21)11-13)15(19)17-8-2-9-22-14-5-3-12(16)4-6-14/h3-6,13H,2,7-11H2,1H3,(H,17,19)/t13-/m0/s1. The summed E-state index contributed by atoms with van der Waals surface area (Å²) < 4.78 is 22.9. The van der Waals surface area contributed by atoms with Crippen molar-refractivity contribution in [2.45, 2.75) is 23.8 Å². The van der Waals surface area contributed by atoms with Gasteiger partial charge in [0.15, 0.2) is 9.84 Å². The molecule has 2 rings (SSSR count). The van der Waals surface area contributed by atoms with Crippen molar-refractivity contribution in [1.82, 2.24) is 10.2 Å². The van der Waals surface area contributed by atoms with Gasteiger partial charge in [0.25, 0.3) is 0 Å². The molecule has 1 fully saturated rings. The summed E-state index contributed by atoms with van der Waals surface area (Å²) in [5.41, 5.74) is 0. The summed E-state index contributed by atoms with van der Waals surface area (Å²) in [7, 11) is -1.32. The van der Waals surface area contributed by atoms with Crippen molar-refractivity contribution in [3.8, 4) is 0 Å². The van der Waals surface area contributed by atoms with Gasteiger partial charge in [-0.3, -0.25) is 0 Å². The van der Waals surface area contributed by atoms with Crippen LogP contribution in [0.2, 0.25) is 5.02 Å². The quantitative estimate of drug-likeness (QED) is 0.612. The second-order valence-corrected chi connectivity index (χ2v) is 9.39. The molecule has 1 atom stereocenters. The van der Waals surface area contributed by atoms with E-state index in [-0.39, 0.29) is 23.6 Å². The Morgan fingerprint density at radius 1 is 1.39 bits per heavy atom. The summed E-state index contributed by atoms with van der Waals surface area (Å²) in [6, 6.07) is 7.25. The van der Waals surface area contributed by atoms with Gasteiger partial charge in [-0.15, -0.1) is 11.8 Å². The normalized spacial score (nSPS) is 19.5. The lowest BCUT2D eigenvalue weighted by Crippen LogP contribution is -2.44. The number of thioether (sulfide) groups is 1. The molecule has 0 aliphatic carbocycles. The van der Waals surface area contributed by atoms with Crippen LogP contribution in [0.15, 0.2) is 29.2 Å². The molecule has 1 aromatic rings. The van der Waals surface area contributed by atoms with Gasteiger partial charge in [-0.2, -0.15) is 0 Å². The molecule has 0 bridgehead atoms. The zero-order valence-corrected chi connectivity index (χ0v) is 15.4. The molecule has 1 aliphatic rings. The van der Waals surface area contributed by atoms with Gasteiger partial charge < -0.3 is 10.2 Å². The predicted molar refractivity (Wildman–Crippen MR) is 95.0 cm³/mol. The van der Waals surface area contributed by atoms with Gasteiger partial charge in [0.05, 0.1) is 11.5 Å². The number of nitrogens with zero attached hydrogens (tertiary/aromatic N) is 1. The van der Waals surface area contributed by atoms with Crippen molar-refractivity contribution < 1.29 is 13.2 Å². The Hall–Kier alpha value is -0.920. The SMILES string of the molecule is CN(C(=O)NCCCSc1ccc(Cl)cc1)[C@H]1CCS(=O)(=O)C1. The third-order valence-corrected chi connectivity index (χ3v) is 6.86.